The molecular formula is C34H32IOP. The molecule has 0 aliphatic rings. The Bertz CT molecular complexity index is 1350. The number of ether oxygens (including phenoxy) is 1. The zero-order valence-electron chi connectivity index (χ0n) is 21.3. The maximum atomic E-state index is 6.24. The molecule has 0 heterocycles. The van der Waals surface area contributed by atoms with Crippen LogP contribution in [0.4, 0.5) is 0 Å². The summed E-state index contributed by atoms with van der Waals surface area (Å²) < 4.78 is 7.26. The molecule has 0 N–H and O–H groups in total. The monoisotopic (exact) mass is 614 g/mol. The number of halogens is 1. The number of hydrogen-bond acceptors (Lipinski definition) is 1. The zero-order valence-corrected chi connectivity index (χ0v) is 24.4. The van der Waals surface area contributed by atoms with Crippen molar-refractivity contribution in [2.45, 2.75) is 20.0 Å². The van der Waals surface area contributed by atoms with Gasteiger partial charge in [0.2, 0.25) is 0 Å². The molecule has 5 aromatic rings. The first kappa shape index (κ1) is 25.7. The van der Waals surface area contributed by atoms with Crippen LogP contribution in [0.5, 0.6) is 11.5 Å². The molecule has 1 nitrogen and oxygen atoms in total. The van der Waals surface area contributed by atoms with Gasteiger partial charge in [-0.25, -0.2) is 0 Å². The Labute approximate surface area is 234 Å². The molecule has 186 valence electrons. The number of benzene rings is 5. The number of aryl methyl sites for hydroxylation is 2. The Morgan fingerprint density at radius 2 is 0.919 bits per heavy atom. The van der Waals surface area contributed by atoms with Gasteiger partial charge in [0, 0.05) is 0 Å². The molecule has 0 spiro atoms. The summed E-state index contributed by atoms with van der Waals surface area (Å²) in [5.41, 5.74) is 3.95. The first-order valence-electron chi connectivity index (χ1n) is 12.6. The van der Waals surface area contributed by atoms with Gasteiger partial charge in [-0.2, -0.15) is 0 Å². The number of para-hydroxylation sites is 1. The van der Waals surface area contributed by atoms with Crippen molar-refractivity contribution in [1.29, 1.82) is 0 Å². The fraction of sp³-hybridized carbons (Fsp3) is 0.118. The van der Waals surface area contributed by atoms with Gasteiger partial charge in [-0.15, -0.1) is 0 Å². The van der Waals surface area contributed by atoms with Crippen molar-refractivity contribution in [3.05, 3.63) is 150 Å². The van der Waals surface area contributed by atoms with Crippen LogP contribution in [0.15, 0.2) is 133 Å². The molecule has 0 fully saturated rings. The summed E-state index contributed by atoms with van der Waals surface area (Å²) in [6.45, 7) is 1.55. The third kappa shape index (κ3) is 4.62. The van der Waals surface area contributed by atoms with Gasteiger partial charge in [0.05, 0.1) is 0 Å². The van der Waals surface area contributed by atoms with Crippen LogP contribution in [0.3, 0.4) is 0 Å². The molecule has 0 unspecified atom stereocenters. The van der Waals surface area contributed by atoms with Gasteiger partial charge in [-0.3, -0.25) is 0 Å². The molecule has 0 bridgehead atoms. The van der Waals surface area contributed by atoms with Crippen LogP contribution in [-0.2, 0) is 6.16 Å². The molecule has 0 radical (unpaired) electrons. The van der Waals surface area contributed by atoms with Gasteiger partial charge >= 0.3 is 236 Å². The second-order valence-corrected chi connectivity index (χ2v) is 16.9. The van der Waals surface area contributed by atoms with E-state index < -0.39 is 6.60 Å². The van der Waals surface area contributed by atoms with Crippen LogP contribution in [0.1, 0.15) is 16.7 Å². The molecule has 0 saturated heterocycles. The molecular weight excluding hydrogens is 582 g/mol. The SMILES string of the molecule is Cc1cc(Oc2ccccc2)cc(C)c1CP(CI)(c1ccccc1)(c1ccccc1)c1ccccc1. The molecule has 0 saturated carbocycles. The fourth-order valence-corrected chi connectivity index (χ4v) is 15.7. The van der Waals surface area contributed by atoms with Crippen LogP contribution in [0.2, 0.25) is 0 Å². The average molecular weight is 615 g/mol. The zero-order chi connectivity index (χ0) is 25.7. The van der Waals surface area contributed by atoms with Crippen molar-refractivity contribution in [1.82, 2.24) is 0 Å². The minimum atomic E-state index is -2.92. The summed E-state index contributed by atoms with van der Waals surface area (Å²) in [6, 6.07) is 48.2. The topological polar surface area (TPSA) is 9.23 Å². The van der Waals surface area contributed by atoms with Gasteiger partial charge in [-0.05, 0) is 0 Å². The Morgan fingerprint density at radius 3 is 1.30 bits per heavy atom. The maximum absolute atomic E-state index is 6.24. The van der Waals surface area contributed by atoms with Crippen molar-refractivity contribution in [3.63, 3.8) is 0 Å². The van der Waals surface area contributed by atoms with Crippen LogP contribution in [-0.4, -0.2) is 4.17 Å². The van der Waals surface area contributed by atoms with E-state index in [4.69, 9.17) is 4.74 Å². The predicted octanol–water partition coefficient (Wildman–Crippen LogP) is 8.52. The van der Waals surface area contributed by atoms with Crippen molar-refractivity contribution >= 4 is 45.1 Å². The molecule has 37 heavy (non-hydrogen) atoms. The molecule has 5 aromatic carbocycles. The average Bonchev–Trinajstić information content (AvgIpc) is 2.95. The van der Waals surface area contributed by atoms with Crippen molar-refractivity contribution in [2.75, 3.05) is 4.17 Å². The molecule has 0 aliphatic heterocycles. The van der Waals surface area contributed by atoms with E-state index in [0.29, 0.717) is 0 Å². The molecule has 0 atom stereocenters. The Morgan fingerprint density at radius 1 is 0.541 bits per heavy atom. The second kappa shape index (κ2) is 10.8. The summed E-state index contributed by atoms with van der Waals surface area (Å²) in [5, 5.41) is 4.30. The second-order valence-electron chi connectivity index (χ2n) is 9.74. The van der Waals surface area contributed by atoms with Crippen molar-refractivity contribution < 1.29 is 4.74 Å². The van der Waals surface area contributed by atoms with E-state index in [2.05, 4.69) is 140 Å². The van der Waals surface area contributed by atoms with Gasteiger partial charge in [-0.1, -0.05) is 0 Å². The fourth-order valence-electron chi connectivity index (χ4n) is 5.57. The molecule has 5 rings (SSSR count). The third-order valence-corrected chi connectivity index (χ3v) is 18.3. The third-order valence-electron chi connectivity index (χ3n) is 7.56. The Kier molecular flexibility index (Phi) is 7.51. The van der Waals surface area contributed by atoms with E-state index in [-0.39, 0.29) is 0 Å². The summed E-state index contributed by atoms with van der Waals surface area (Å²) in [7, 11) is 0. The molecule has 3 heteroatoms. The van der Waals surface area contributed by atoms with Crippen LogP contribution < -0.4 is 20.7 Å². The summed E-state index contributed by atoms with van der Waals surface area (Å²) >= 11 is 2.67. The Hall–Kier alpha value is -2.94. The van der Waals surface area contributed by atoms with Crippen LogP contribution in [0, 0.1) is 13.8 Å². The molecule has 0 aromatic heterocycles. The van der Waals surface area contributed by atoms with E-state index in [1.807, 2.05) is 30.3 Å². The normalized spacial score (nSPS) is 12.5. The minimum absolute atomic E-state index is 0.860. The van der Waals surface area contributed by atoms with E-state index >= 15 is 0 Å². The van der Waals surface area contributed by atoms with E-state index in [1.54, 1.807) is 0 Å². The van der Waals surface area contributed by atoms with Gasteiger partial charge in [0.1, 0.15) is 0 Å². The summed E-state index contributed by atoms with van der Waals surface area (Å²) in [4.78, 5) is 0. The van der Waals surface area contributed by atoms with Gasteiger partial charge < -0.3 is 0 Å². The summed E-state index contributed by atoms with van der Waals surface area (Å²) in [6.07, 6.45) is 0.968. The van der Waals surface area contributed by atoms with Crippen molar-refractivity contribution in [3.8, 4) is 11.5 Å². The van der Waals surface area contributed by atoms with E-state index in [9.17, 15) is 0 Å². The number of rotatable bonds is 8. The first-order chi connectivity index (χ1) is 18.1. The predicted molar refractivity (Wildman–Crippen MR) is 170 cm³/mol. The van der Waals surface area contributed by atoms with Gasteiger partial charge in [0.25, 0.3) is 0 Å². The van der Waals surface area contributed by atoms with E-state index in [0.717, 1.165) is 21.8 Å². The van der Waals surface area contributed by atoms with Gasteiger partial charge in [0.15, 0.2) is 0 Å². The standard InChI is InChI=1S/C34H32IOP/c1-27-23-30(36-29-15-7-3-8-16-29)24-28(2)34(27)25-37(26-35,31-17-9-4-10-18-31,32-19-11-5-12-20-32)33-21-13-6-14-22-33/h3-24H,25-26H2,1-2H3. The first-order valence-corrected chi connectivity index (χ1v) is 16.8. The molecule has 0 amide bonds. The quantitative estimate of drug-likeness (QED) is 0.0968. The Balaban J connectivity index is 1.75. The van der Waals surface area contributed by atoms with Crippen molar-refractivity contribution in [2.24, 2.45) is 0 Å². The molecule has 0 aliphatic carbocycles. The van der Waals surface area contributed by atoms with E-state index in [1.165, 1.54) is 32.6 Å². The summed E-state index contributed by atoms with van der Waals surface area (Å²) in [5.74, 6) is 1.75. The number of alkyl halides is 1. The van der Waals surface area contributed by atoms with Crippen LogP contribution in [0.25, 0.3) is 0 Å². The van der Waals surface area contributed by atoms with Crippen LogP contribution >= 0.6 is 29.2 Å². The number of hydrogen-bond donors (Lipinski definition) is 0.